The third kappa shape index (κ3) is 1.65. The molecule has 0 spiro atoms. The minimum Gasteiger partial charge on any atom is -0.390 e. The average molecular weight is 291 g/mol. The van der Waals surface area contributed by atoms with Crippen LogP contribution in [0.1, 0.15) is 18.0 Å². The Morgan fingerprint density at radius 3 is 3.15 bits per heavy atom. The first-order valence-corrected chi connectivity index (χ1v) is 7.21. The first kappa shape index (κ1) is 12.4. The van der Waals surface area contributed by atoms with Crippen LogP contribution < -0.4 is 0 Å². The largest absolute Gasteiger partial charge is 0.390 e. The second-order valence-electron chi connectivity index (χ2n) is 5.43. The van der Waals surface area contributed by atoms with Crippen LogP contribution in [0.3, 0.4) is 0 Å². The van der Waals surface area contributed by atoms with Gasteiger partial charge in [0.05, 0.1) is 37.0 Å². The van der Waals surface area contributed by atoms with Crippen LogP contribution in [0.25, 0.3) is 11.3 Å². The van der Waals surface area contributed by atoms with Gasteiger partial charge in [0, 0.05) is 28.7 Å². The number of fused-ring (bicyclic) bond motifs is 3. The van der Waals surface area contributed by atoms with Crippen LogP contribution in [0, 0.1) is 5.92 Å². The molecule has 104 valence electrons. The third-order valence-corrected chi connectivity index (χ3v) is 4.70. The van der Waals surface area contributed by atoms with Crippen LogP contribution in [0.15, 0.2) is 30.7 Å². The molecule has 1 saturated heterocycles. The van der Waals surface area contributed by atoms with Crippen LogP contribution >= 0.6 is 11.6 Å². The zero-order valence-corrected chi connectivity index (χ0v) is 11.6. The van der Waals surface area contributed by atoms with Crippen molar-refractivity contribution in [2.24, 2.45) is 5.92 Å². The Labute approximate surface area is 122 Å². The Balaban J connectivity index is 1.88. The van der Waals surface area contributed by atoms with Crippen molar-refractivity contribution in [3.63, 3.8) is 0 Å². The van der Waals surface area contributed by atoms with Crippen LogP contribution in [-0.4, -0.2) is 34.0 Å². The summed E-state index contributed by atoms with van der Waals surface area (Å²) in [7, 11) is 0. The molecule has 0 saturated carbocycles. The summed E-state index contributed by atoms with van der Waals surface area (Å²) in [5.41, 5.74) is 3.31. The van der Waals surface area contributed by atoms with E-state index in [-0.39, 0.29) is 12.0 Å². The van der Waals surface area contributed by atoms with E-state index in [4.69, 9.17) is 16.3 Å². The maximum Gasteiger partial charge on any atom is 0.0956 e. The van der Waals surface area contributed by atoms with Gasteiger partial charge < -0.3 is 14.4 Å². The number of aliphatic hydroxyl groups excluding tert-OH is 1. The Kier molecular flexibility index (Phi) is 2.84. The molecule has 0 amide bonds. The molecule has 0 aliphatic carbocycles. The number of nitrogens with zero attached hydrogens (tertiary/aromatic N) is 2. The fourth-order valence-electron chi connectivity index (χ4n) is 3.46. The lowest BCUT2D eigenvalue weighted by atomic mass is 9.85. The van der Waals surface area contributed by atoms with E-state index in [1.807, 2.05) is 24.7 Å². The molecule has 1 fully saturated rings. The van der Waals surface area contributed by atoms with Crippen LogP contribution in [0.4, 0.5) is 0 Å². The van der Waals surface area contributed by atoms with E-state index >= 15 is 0 Å². The maximum atomic E-state index is 10.3. The number of halogens is 1. The van der Waals surface area contributed by atoms with E-state index in [9.17, 15) is 5.11 Å². The van der Waals surface area contributed by atoms with Gasteiger partial charge in [-0.1, -0.05) is 23.7 Å². The summed E-state index contributed by atoms with van der Waals surface area (Å²) in [6, 6.07) is 6.00. The highest BCUT2D eigenvalue weighted by atomic mass is 35.5. The van der Waals surface area contributed by atoms with Crippen molar-refractivity contribution in [2.75, 3.05) is 13.2 Å². The van der Waals surface area contributed by atoms with Gasteiger partial charge in [0.1, 0.15) is 0 Å². The molecule has 1 aromatic carbocycles. The number of hydrogen-bond donors (Lipinski definition) is 1. The predicted octanol–water partition coefficient (Wildman–Crippen LogP) is 2.50. The fraction of sp³-hybridized carbons (Fsp3) is 0.400. The van der Waals surface area contributed by atoms with Crippen molar-refractivity contribution in [3.8, 4) is 11.3 Å². The SMILES string of the molecule is O[C@@H]1COCC[C@H]1[C@@H]1c2c(Cl)cccc2-c2cncn21. The lowest BCUT2D eigenvalue weighted by Gasteiger charge is -2.33. The van der Waals surface area contributed by atoms with Gasteiger partial charge in [0.15, 0.2) is 0 Å². The number of aliphatic hydroxyl groups is 1. The summed E-state index contributed by atoms with van der Waals surface area (Å²) in [6.45, 7) is 1.08. The normalized spacial score (nSPS) is 28.2. The Hall–Kier alpha value is -1.36. The number of rotatable bonds is 1. The first-order chi connectivity index (χ1) is 9.77. The van der Waals surface area contributed by atoms with Crippen molar-refractivity contribution in [1.29, 1.82) is 0 Å². The molecule has 1 aromatic heterocycles. The summed E-state index contributed by atoms with van der Waals surface area (Å²) in [5.74, 6) is 0.109. The Morgan fingerprint density at radius 1 is 1.40 bits per heavy atom. The van der Waals surface area contributed by atoms with E-state index in [1.54, 1.807) is 0 Å². The van der Waals surface area contributed by atoms with Crippen molar-refractivity contribution >= 4 is 11.6 Å². The number of imidazole rings is 1. The van der Waals surface area contributed by atoms with Crippen molar-refractivity contribution in [3.05, 3.63) is 41.3 Å². The molecule has 4 rings (SSSR count). The number of hydrogen-bond acceptors (Lipinski definition) is 3. The van der Waals surface area contributed by atoms with E-state index in [2.05, 4.69) is 15.6 Å². The number of benzene rings is 1. The van der Waals surface area contributed by atoms with Crippen molar-refractivity contribution < 1.29 is 9.84 Å². The summed E-state index contributed by atoms with van der Waals surface area (Å²) in [6.07, 6.45) is 4.05. The molecule has 0 radical (unpaired) electrons. The van der Waals surface area contributed by atoms with Gasteiger partial charge in [-0.2, -0.15) is 0 Å². The monoisotopic (exact) mass is 290 g/mol. The Bertz CT molecular complexity index is 655. The molecular weight excluding hydrogens is 276 g/mol. The van der Waals surface area contributed by atoms with E-state index in [0.29, 0.717) is 13.2 Å². The summed E-state index contributed by atoms with van der Waals surface area (Å²) in [4.78, 5) is 4.25. The second kappa shape index (κ2) is 4.58. The number of aromatic nitrogens is 2. The maximum absolute atomic E-state index is 10.3. The molecule has 2 aliphatic rings. The highest BCUT2D eigenvalue weighted by Gasteiger charge is 2.40. The summed E-state index contributed by atoms with van der Waals surface area (Å²) < 4.78 is 7.49. The van der Waals surface area contributed by atoms with Gasteiger partial charge in [0.25, 0.3) is 0 Å². The molecule has 0 bridgehead atoms. The lowest BCUT2D eigenvalue weighted by molar-refractivity contribution is -0.0540. The molecule has 1 N–H and O–H groups in total. The summed E-state index contributed by atoms with van der Waals surface area (Å²) in [5, 5.41) is 11.1. The van der Waals surface area contributed by atoms with Gasteiger partial charge in [-0.25, -0.2) is 4.98 Å². The molecule has 0 unspecified atom stereocenters. The number of ether oxygens (including phenoxy) is 1. The average Bonchev–Trinajstić information content (AvgIpc) is 3.01. The predicted molar refractivity (Wildman–Crippen MR) is 75.7 cm³/mol. The minimum atomic E-state index is -0.466. The molecule has 20 heavy (non-hydrogen) atoms. The molecular formula is C15H15ClN2O2. The molecule has 4 nitrogen and oxygen atoms in total. The minimum absolute atomic E-state index is 0.0510. The molecule has 2 aromatic rings. The fourth-order valence-corrected chi connectivity index (χ4v) is 3.75. The van der Waals surface area contributed by atoms with E-state index in [1.165, 1.54) is 0 Å². The van der Waals surface area contributed by atoms with Gasteiger partial charge >= 0.3 is 0 Å². The highest BCUT2D eigenvalue weighted by Crippen LogP contribution is 2.48. The molecule has 2 aliphatic heterocycles. The quantitative estimate of drug-likeness (QED) is 0.878. The first-order valence-electron chi connectivity index (χ1n) is 6.84. The molecule has 3 heterocycles. The topological polar surface area (TPSA) is 47.3 Å². The van der Waals surface area contributed by atoms with Gasteiger partial charge in [-0.3, -0.25) is 0 Å². The third-order valence-electron chi connectivity index (χ3n) is 4.37. The Morgan fingerprint density at radius 2 is 2.30 bits per heavy atom. The van der Waals surface area contributed by atoms with Gasteiger partial charge in [0.2, 0.25) is 0 Å². The standard InChI is InChI=1S/C15H15ClN2O2/c16-11-3-1-2-9-12-6-17-8-18(12)15(14(9)11)10-4-5-20-7-13(10)19/h1-3,6,8,10,13,15,19H,4-5,7H2/t10-,13-,15-/m1/s1. The van der Waals surface area contributed by atoms with Crippen LogP contribution in [-0.2, 0) is 4.74 Å². The molecule has 5 heteroatoms. The van der Waals surface area contributed by atoms with E-state index in [0.717, 1.165) is 28.3 Å². The second-order valence-corrected chi connectivity index (χ2v) is 5.83. The van der Waals surface area contributed by atoms with Crippen LogP contribution in [0.5, 0.6) is 0 Å². The lowest BCUT2D eigenvalue weighted by Crippen LogP contribution is -2.37. The smallest absolute Gasteiger partial charge is 0.0956 e. The van der Waals surface area contributed by atoms with Crippen LogP contribution in [0.2, 0.25) is 5.02 Å². The van der Waals surface area contributed by atoms with E-state index < -0.39 is 6.10 Å². The van der Waals surface area contributed by atoms with Gasteiger partial charge in [-0.15, -0.1) is 0 Å². The zero-order chi connectivity index (χ0) is 13.7. The summed E-state index contributed by atoms with van der Waals surface area (Å²) >= 11 is 6.43. The van der Waals surface area contributed by atoms with Crippen molar-refractivity contribution in [2.45, 2.75) is 18.6 Å². The zero-order valence-electron chi connectivity index (χ0n) is 10.9. The van der Waals surface area contributed by atoms with Gasteiger partial charge in [-0.05, 0) is 12.5 Å². The highest BCUT2D eigenvalue weighted by molar-refractivity contribution is 6.32. The van der Waals surface area contributed by atoms with Crippen molar-refractivity contribution in [1.82, 2.24) is 9.55 Å². The molecule has 3 atom stereocenters.